The van der Waals surface area contributed by atoms with Gasteiger partial charge in [-0.2, -0.15) is 0 Å². The lowest BCUT2D eigenvalue weighted by atomic mass is 9.86. The zero-order chi connectivity index (χ0) is 18.0. The molecule has 3 atom stereocenters. The number of benzene rings is 1. The minimum atomic E-state index is -1.20. The van der Waals surface area contributed by atoms with Gasteiger partial charge in [-0.1, -0.05) is 11.6 Å². The van der Waals surface area contributed by atoms with E-state index in [1.807, 2.05) is 0 Å². The van der Waals surface area contributed by atoms with Crippen LogP contribution in [0.1, 0.15) is 37.0 Å². The number of halogens is 2. The Morgan fingerprint density at radius 2 is 2.25 bits per heavy atom. The number of carbonyl (C=O) groups excluding carboxylic acids is 2. The van der Waals surface area contributed by atoms with E-state index in [-0.39, 0.29) is 29.5 Å². The van der Waals surface area contributed by atoms with E-state index in [1.165, 1.54) is 13.0 Å². The van der Waals surface area contributed by atoms with Gasteiger partial charge in [-0.15, -0.1) is 0 Å². The molecule has 1 heterocycles. The van der Waals surface area contributed by atoms with E-state index in [0.29, 0.717) is 5.56 Å². The van der Waals surface area contributed by atoms with Crippen molar-refractivity contribution in [1.29, 1.82) is 0 Å². The van der Waals surface area contributed by atoms with Crippen LogP contribution in [0.2, 0.25) is 5.02 Å². The summed E-state index contributed by atoms with van der Waals surface area (Å²) in [6.07, 6.45) is -0.968. The van der Waals surface area contributed by atoms with Crippen molar-refractivity contribution in [3.63, 3.8) is 0 Å². The maximum absolute atomic E-state index is 14.8. The van der Waals surface area contributed by atoms with Gasteiger partial charge in [0.15, 0.2) is 0 Å². The van der Waals surface area contributed by atoms with Crippen molar-refractivity contribution in [2.75, 3.05) is 20.3 Å². The van der Waals surface area contributed by atoms with Crippen LogP contribution in [0.5, 0.6) is 5.75 Å². The Morgan fingerprint density at radius 1 is 1.58 bits per heavy atom. The first-order chi connectivity index (χ1) is 11.3. The second-order valence-corrected chi connectivity index (χ2v) is 5.87. The number of carbonyl (C=O) groups is 2. The lowest BCUT2D eigenvalue weighted by Gasteiger charge is -2.23. The van der Waals surface area contributed by atoms with Gasteiger partial charge in [0.1, 0.15) is 17.5 Å². The van der Waals surface area contributed by atoms with Crippen LogP contribution in [0, 0.1) is 11.7 Å². The maximum atomic E-state index is 14.8. The van der Waals surface area contributed by atoms with Crippen LogP contribution in [0.15, 0.2) is 6.07 Å². The molecule has 1 saturated heterocycles. The predicted molar refractivity (Wildman–Crippen MR) is 84.5 cm³/mol. The minimum absolute atomic E-state index is 0.00556. The van der Waals surface area contributed by atoms with Crippen LogP contribution in [-0.2, 0) is 14.3 Å². The molecule has 6 nitrogen and oxygen atoms in total. The Bertz CT molecular complexity index is 664. The van der Waals surface area contributed by atoms with E-state index in [0.717, 1.165) is 7.11 Å². The van der Waals surface area contributed by atoms with Crippen LogP contribution in [0.25, 0.3) is 0 Å². The highest BCUT2D eigenvalue weighted by molar-refractivity contribution is 6.31. The molecule has 8 heteroatoms. The number of aliphatic hydroxyl groups excluding tert-OH is 1. The zero-order valence-electron chi connectivity index (χ0n) is 13.6. The highest BCUT2D eigenvalue weighted by Crippen LogP contribution is 2.43. The molecule has 1 amide bonds. The molecule has 1 aromatic carbocycles. The van der Waals surface area contributed by atoms with Crippen molar-refractivity contribution < 1.29 is 28.6 Å². The van der Waals surface area contributed by atoms with Gasteiger partial charge in [0, 0.05) is 23.6 Å². The molecule has 2 N–H and O–H groups in total. The number of nitrogens with one attached hydrogen (secondary N) is 1. The van der Waals surface area contributed by atoms with Gasteiger partial charge in [-0.25, -0.2) is 4.39 Å². The van der Waals surface area contributed by atoms with Crippen molar-refractivity contribution in [2.24, 2.45) is 5.92 Å². The molecule has 132 valence electrons. The van der Waals surface area contributed by atoms with Crippen LogP contribution in [0.3, 0.4) is 0 Å². The Morgan fingerprint density at radius 3 is 2.79 bits per heavy atom. The molecule has 3 unspecified atom stereocenters. The molecular formula is C16H19ClFNO5. The highest BCUT2D eigenvalue weighted by Gasteiger charge is 2.45. The molecule has 0 aliphatic carbocycles. The first kappa shape index (κ1) is 18.5. The number of methoxy groups -OCH3 is 1. The van der Waals surface area contributed by atoms with Crippen molar-refractivity contribution in [3.8, 4) is 5.75 Å². The van der Waals surface area contributed by atoms with Crippen molar-refractivity contribution in [2.45, 2.75) is 25.9 Å². The van der Waals surface area contributed by atoms with Crippen LogP contribution in [-0.4, -0.2) is 37.2 Å². The van der Waals surface area contributed by atoms with Crippen molar-refractivity contribution >= 4 is 23.5 Å². The molecule has 0 spiro atoms. The molecular weight excluding hydrogens is 341 g/mol. The van der Waals surface area contributed by atoms with E-state index in [2.05, 4.69) is 10.1 Å². The van der Waals surface area contributed by atoms with Crippen LogP contribution >= 0.6 is 11.6 Å². The van der Waals surface area contributed by atoms with Gasteiger partial charge in [-0.3, -0.25) is 9.59 Å². The van der Waals surface area contributed by atoms with Crippen LogP contribution < -0.4 is 10.1 Å². The first-order valence-electron chi connectivity index (χ1n) is 7.51. The maximum Gasteiger partial charge on any atom is 0.318 e. The summed E-state index contributed by atoms with van der Waals surface area (Å²) in [5.41, 5.74) is 0.287. The van der Waals surface area contributed by atoms with Crippen molar-refractivity contribution in [3.05, 3.63) is 28.0 Å². The topological polar surface area (TPSA) is 84.9 Å². The molecule has 1 aliphatic heterocycles. The third kappa shape index (κ3) is 3.18. The van der Waals surface area contributed by atoms with E-state index in [9.17, 15) is 19.1 Å². The quantitative estimate of drug-likeness (QED) is 0.620. The molecule has 1 aromatic rings. The average molecular weight is 360 g/mol. The molecule has 0 aromatic heterocycles. The summed E-state index contributed by atoms with van der Waals surface area (Å²) in [6.45, 7) is 3.45. The molecule has 0 bridgehead atoms. The van der Waals surface area contributed by atoms with Gasteiger partial charge in [-0.05, 0) is 19.9 Å². The number of esters is 1. The Hall–Kier alpha value is -1.86. The summed E-state index contributed by atoms with van der Waals surface area (Å²) in [5.74, 6) is -4.04. The third-order valence-electron chi connectivity index (χ3n) is 3.98. The fraction of sp³-hybridized carbons (Fsp3) is 0.500. The Labute approximate surface area is 143 Å². The molecule has 2 rings (SSSR count). The number of rotatable bonds is 5. The number of amides is 1. The van der Waals surface area contributed by atoms with E-state index in [1.54, 1.807) is 6.92 Å². The lowest BCUT2D eigenvalue weighted by molar-refractivity contribution is -0.149. The van der Waals surface area contributed by atoms with Gasteiger partial charge in [0.2, 0.25) is 5.91 Å². The van der Waals surface area contributed by atoms with E-state index in [4.69, 9.17) is 16.3 Å². The molecule has 1 aliphatic rings. The van der Waals surface area contributed by atoms with Gasteiger partial charge in [0.05, 0.1) is 24.8 Å². The number of ether oxygens (including phenoxy) is 2. The average Bonchev–Trinajstić information content (AvgIpc) is 2.91. The van der Waals surface area contributed by atoms with Gasteiger partial charge < -0.3 is 19.9 Å². The standard InChI is InChI=1S/C16H19ClFNO5/c1-4-24-14-8(7(2)20)5-10(17)13(18)11(14)9-6-19-15(21)12(9)16(22)23-3/h5,7,9,12,20H,4,6H2,1-3H3,(H,19,21). The minimum Gasteiger partial charge on any atom is -0.493 e. The third-order valence-corrected chi connectivity index (χ3v) is 4.26. The number of aliphatic hydroxyl groups is 1. The van der Waals surface area contributed by atoms with Crippen molar-refractivity contribution in [1.82, 2.24) is 5.32 Å². The molecule has 0 saturated carbocycles. The van der Waals surface area contributed by atoms with Gasteiger partial charge in [0.25, 0.3) is 0 Å². The Kier molecular flexibility index (Phi) is 5.66. The predicted octanol–water partition coefficient (Wildman–Crippen LogP) is 1.93. The zero-order valence-corrected chi connectivity index (χ0v) is 14.3. The molecule has 0 radical (unpaired) electrons. The SMILES string of the molecule is CCOc1c(C(C)O)cc(Cl)c(F)c1C1CNC(=O)C1C(=O)OC. The second-order valence-electron chi connectivity index (χ2n) is 5.47. The number of hydrogen-bond donors (Lipinski definition) is 2. The van der Waals surface area contributed by atoms with Crippen LogP contribution in [0.4, 0.5) is 4.39 Å². The molecule has 1 fully saturated rings. The van der Waals surface area contributed by atoms with E-state index < -0.39 is 35.6 Å². The summed E-state index contributed by atoms with van der Waals surface area (Å²) in [4.78, 5) is 23.9. The fourth-order valence-corrected chi connectivity index (χ4v) is 3.10. The fourth-order valence-electron chi connectivity index (χ4n) is 2.88. The Balaban J connectivity index is 2.67. The second kappa shape index (κ2) is 7.36. The summed E-state index contributed by atoms with van der Waals surface area (Å²) < 4.78 is 24.9. The highest BCUT2D eigenvalue weighted by atomic mass is 35.5. The number of hydrogen-bond acceptors (Lipinski definition) is 5. The summed E-state index contributed by atoms with van der Waals surface area (Å²) >= 11 is 5.95. The largest absolute Gasteiger partial charge is 0.493 e. The first-order valence-corrected chi connectivity index (χ1v) is 7.89. The van der Waals surface area contributed by atoms with E-state index >= 15 is 0 Å². The van der Waals surface area contributed by atoms with Gasteiger partial charge >= 0.3 is 5.97 Å². The summed E-state index contributed by atoms with van der Waals surface area (Å²) in [6, 6.07) is 1.29. The smallest absolute Gasteiger partial charge is 0.318 e. The monoisotopic (exact) mass is 359 g/mol. The lowest BCUT2D eigenvalue weighted by Crippen LogP contribution is -2.28. The molecule has 24 heavy (non-hydrogen) atoms. The normalized spacial score (nSPS) is 21.3. The summed E-state index contributed by atoms with van der Waals surface area (Å²) in [5, 5.41) is 12.3. The summed E-state index contributed by atoms with van der Waals surface area (Å²) in [7, 11) is 1.16.